The van der Waals surface area contributed by atoms with Crippen molar-refractivity contribution < 1.29 is 14.3 Å². The lowest BCUT2D eigenvalue weighted by molar-refractivity contribution is 0.0380. The fraction of sp³-hybridized carbons (Fsp3) is 0.320. The van der Waals surface area contributed by atoms with Crippen LogP contribution in [0.4, 0.5) is 11.8 Å². The van der Waals surface area contributed by atoms with E-state index >= 15 is 0 Å². The molecule has 1 aliphatic heterocycles. The molecule has 1 aliphatic rings. The number of aromatic nitrogens is 6. The van der Waals surface area contributed by atoms with Crippen LogP contribution in [0.2, 0.25) is 0 Å². The first-order valence-electron chi connectivity index (χ1n) is 11.6. The van der Waals surface area contributed by atoms with Gasteiger partial charge in [-0.2, -0.15) is 5.10 Å². The van der Waals surface area contributed by atoms with Crippen LogP contribution in [-0.2, 0) is 24.9 Å². The highest BCUT2D eigenvalue weighted by molar-refractivity contribution is 5.92. The summed E-state index contributed by atoms with van der Waals surface area (Å²) in [6.07, 6.45) is 5.31. The average Bonchev–Trinajstić information content (AvgIpc) is 3.49. The van der Waals surface area contributed by atoms with E-state index in [-0.39, 0.29) is 11.9 Å². The third-order valence-corrected chi connectivity index (χ3v) is 6.20. The van der Waals surface area contributed by atoms with Crippen molar-refractivity contribution >= 4 is 17.7 Å². The van der Waals surface area contributed by atoms with Gasteiger partial charge in [0.15, 0.2) is 5.82 Å². The number of benzene rings is 1. The van der Waals surface area contributed by atoms with Gasteiger partial charge in [0, 0.05) is 45.7 Å². The van der Waals surface area contributed by atoms with Crippen LogP contribution in [0.5, 0.6) is 5.75 Å². The number of hydrogen-bond acceptors (Lipinski definition) is 8. The van der Waals surface area contributed by atoms with Crippen molar-refractivity contribution in [3.63, 3.8) is 0 Å². The van der Waals surface area contributed by atoms with Crippen molar-refractivity contribution in [3.8, 4) is 17.1 Å². The fourth-order valence-corrected chi connectivity index (χ4v) is 4.34. The predicted molar refractivity (Wildman–Crippen MR) is 133 cm³/mol. The molecule has 4 aromatic rings. The molecule has 0 spiro atoms. The summed E-state index contributed by atoms with van der Waals surface area (Å²) >= 11 is 0. The zero-order chi connectivity index (χ0) is 25.2. The molecular weight excluding hydrogens is 460 g/mol. The normalized spacial score (nSPS) is 15.2. The maximum Gasteiger partial charge on any atom is 0.290 e. The number of anilines is 2. The first kappa shape index (κ1) is 23.5. The van der Waals surface area contributed by atoms with Gasteiger partial charge in [-0.05, 0) is 30.2 Å². The van der Waals surface area contributed by atoms with Gasteiger partial charge in [-0.3, -0.25) is 9.48 Å². The van der Waals surface area contributed by atoms with Crippen molar-refractivity contribution in [2.75, 3.05) is 26.1 Å². The molecule has 0 bridgehead atoms. The lowest BCUT2D eigenvalue weighted by atomic mass is 10.1. The number of aryl methyl sites for hydroxylation is 2. The number of rotatable bonds is 8. The van der Waals surface area contributed by atoms with Gasteiger partial charge in [-0.1, -0.05) is 12.1 Å². The van der Waals surface area contributed by atoms with Crippen molar-refractivity contribution in [2.45, 2.75) is 26.1 Å². The van der Waals surface area contributed by atoms with E-state index in [2.05, 4.69) is 20.4 Å². The fourth-order valence-electron chi connectivity index (χ4n) is 4.34. The van der Waals surface area contributed by atoms with Gasteiger partial charge < -0.3 is 24.3 Å². The third-order valence-electron chi connectivity index (χ3n) is 6.20. The second-order valence-electron chi connectivity index (χ2n) is 8.69. The molecule has 0 fully saturated rings. The molecule has 1 N–H and O–H groups in total. The lowest BCUT2D eigenvalue weighted by Gasteiger charge is -2.35. The Bertz CT molecular complexity index is 1400. The van der Waals surface area contributed by atoms with Crippen LogP contribution in [0.1, 0.15) is 21.7 Å². The van der Waals surface area contributed by atoms with Gasteiger partial charge >= 0.3 is 0 Å². The summed E-state index contributed by atoms with van der Waals surface area (Å²) in [6.45, 7) is 3.33. The Balaban J connectivity index is 1.46. The molecule has 4 heterocycles. The van der Waals surface area contributed by atoms with E-state index in [4.69, 9.17) is 14.5 Å². The number of nitrogens with zero attached hydrogens (tertiary/aromatic N) is 7. The summed E-state index contributed by atoms with van der Waals surface area (Å²) in [6, 6.07) is 9.41. The highest BCUT2D eigenvalue weighted by Crippen LogP contribution is 2.27. The third kappa shape index (κ3) is 4.52. The van der Waals surface area contributed by atoms with Crippen LogP contribution in [0.3, 0.4) is 0 Å². The van der Waals surface area contributed by atoms with Crippen LogP contribution in [-0.4, -0.2) is 67.0 Å². The Morgan fingerprint density at radius 3 is 2.81 bits per heavy atom. The highest BCUT2D eigenvalue weighted by atomic mass is 16.5. The molecule has 0 saturated heterocycles. The summed E-state index contributed by atoms with van der Waals surface area (Å²) in [5, 5.41) is 7.32. The summed E-state index contributed by atoms with van der Waals surface area (Å²) in [5.41, 5.74) is 3.11. The monoisotopic (exact) mass is 488 g/mol. The lowest BCUT2D eigenvalue weighted by Crippen LogP contribution is -2.49. The highest BCUT2D eigenvalue weighted by Gasteiger charge is 2.34. The van der Waals surface area contributed by atoms with Crippen molar-refractivity contribution in [3.05, 3.63) is 65.9 Å². The van der Waals surface area contributed by atoms with E-state index in [1.165, 1.54) is 0 Å². The number of fused-ring (bicyclic) bond motifs is 1. The first-order chi connectivity index (χ1) is 17.5. The molecule has 36 heavy (non-hydrogen) atoms. The number of carbonyl (C=O) groups is 1. The summed E-state index contributed by atoms with van der Waals surface area (Å²) in [4.78, 5) is 29.2. The first-order valence-corrected chi connectivity index (χ1v) is 11.6. The van der Waals surface area contributed by atoms with Gasteiger partial charge in [0.1, 0.15) is 17.3 Å². The Kier molecular flexibility index (Phi) is 6.38. The van der Waals surface area contributed by atoms with Gasteiger partial charge in [0.05, 0.1) is 31.6 Å². The second-order valence-corrected chi connectivity index (χ2v) is 8.69. The number of hydrogen-bond donors (Lipinski definition) is 1. The Morgan fingerprint density at radius 1 is 1.19 bits per heavy atom. The molecule has 3 aromatic heterocycles. The zero-order valence-electron chi connectivity index (χ0n) is 20.7. The Morgan fingerprint density at radius 2 is 2.06 bits per heavy atom. The molecular formula is C25H28N8O3. The minimum atomic E-state index is -0.155. The topological polar surface area (TPSA) is 112 Å². The Labute approximate surface area is 208 Å². The Hall–Kier alpha value is -4.25. The average molecular weight is 489 g/mol. The maximum atomic E-state index is 13.6. The van der Waals surface area contributed by atoms with Crippen LogP contribution >= 0.6 is 0 Å². The number of imidazole rings is 1. The molecule has 0 radical (unpaired) electrons. The van der Waals surface area contributed by atoms with E-state index in [0.717, 1.165) is 22.7 Å². The standard InChI is InChI=1S/C25H28N8O3/c1-16-11-26-25(29-21-8-9-27-31(21)2)30-22(16)20-14-32-13-18(15-35-3)33(24(34)23(32)28-20)12-17-6-5-7-19(10-17)36-4/h5-11,14,18H,12-13,15H2,1-4H3,(H,26,29,30)/t18-/m1/s1. The smallest absolute Gasteiger partial charge is 0.290 e. The second kappa shape index (κ2) is 9.78. The molecule has 5 rings (SSSR count). The van der Waals surface area contributed by atoms with Crippen LogP contribution in [0, 0.1) is 6.92 Å². The molecule has 0 aliphatic carbocycles. The largest absolute Gasteiger partial charge is 0.497 e. The molecule has 11 heteroatoms. The van der Waals surface area contributed by atoms with Crippen molar-refractivity contribution in [1.29, 1.82) is 0 Å². The SMILES string of the molecule is COC[C@H]1Cn2cc(-c3nc(Nc4ccnn4C)ncc3C)nc2C(=O)N1Cc1cccc(OC)c1. The van der Waals surface area contributed by atoms with Gasteiger partial charge in [-0.15, -0.1) is 0 Å². The summed E-state index contributed by atoms with van der Waals surface area (Å²) < 4.78 is 14.4. The van der Waals surface area contributed by atoms with E-state index in [0.29, 0.717) is 42.9 Å². The molecule has 0 unspecified atom stereocenters. The van der Waals surface area contributed by atoms with E-state index < -0.39 is 0 Å². The number of ether oxygens (including phenoxy) is 2. The van der Waals surface area contributed by atoms with Crippen LogP contribution in [0.15, 0.2) is 48.9 Å². The summed E-state index contributed by atoms with van der Waals surface area (Å²) in [7, 11) is 5.11. The van der Waals surface area contributed by atoms with E-state index in [1.54, 1.807) is 31.3 Å². The minimum absolute atomic E-state index is 0.142. The van der Waals surface area contributed by atoms with E-state index in [9.17, 15) is 4.79 Å². The van der Waals surface area contributed by atoms with Crippen molar-refractivity contribution in [1.82, 2.24) is 34.2 Å². The molecule has 0 saturated carbocycles. The van der Waals surface area contributed by atoms with Gasteiger partial charge in [-0.25, -0.2) is 15.0 Å². The summed E-state index contributed by atoms with van der Waals surface area (Å²) in [5.74, 6) is 2.16. The molecule has 11 nitrogen and oxygen atoms in total. The predicted octanol–water partition coefficient (Wildman–Crippen LogP) is 2.81. The minimum Gasteiger partial charge on any atom is -0.497 e. The number of methoxy groups -OCH3 is 2. The van der Waals surface area contributed by atoms with Crippen molar-refractivity contribution in [2.24, 2.45) is 7.05 Å². The van der Waals surface area contributed by atoms with Crippen LogP contribution in [0.25, 0.3) is 11.4 Å². The molecule has 1 aromatic carbocycles. The number of amides is 1. The quantitative estimate of drug-likeness (QED) is 0.403. The number of nitrogens with one attached hydrogen (secondary N) is 1. The van der Waals surface area contributed by atoms with Gasteiger partial charge in [0.2, 0.25) is 5.95 Å². The molecule has 186 valence electrons. The maximum absolute atomic E-state index is 13.6. The number of carbonyl (C=O) groups excluding carboxylic acids is 1. The molecule has 1 amide bonds. The molecule has 1 atom stereocenters. The van der Waals surface area contributed by atoms with Crippen LogP contribution < -0.4 is 10.1 Å². The van der Waals surface area contributed by atoms with E-state index in [1.807, 2.05) is 60.0 Å². The van der Waals surface area contributed by atoms with Gasteiger partial charge in [0.25, 0.3) is 5.91 Å². The zero-order valence-corrected chi connectivity index (χ0v) is 20.7.